The van der Waals surface area contributed by atoms with Gasteiger partial charge in [0.05, 0.1) is 12.7 Å². The molecule has 5 heterocycles. The molecule has 1 N–H and O–H groups in total. The monoisotopic (exact) mass is 259 g/mol. The van der Waals surface area contributed by atoms with Crippen LogP contribution in [0.25, 0.3) is 0 Å². The molecule has 6 nitrogen and oxygen atoms in total. The molecule has 5 rings (SSSR count). The van der Waals surface area contributed by atoms with Crippen LogP contribution < -0.4 is 5.32 Å². The first-order valence-corrected chi connectivity index (χ1v) is 6.83. The van der Waals surface area contributed by atoms with Gasteiger partial charge in [0.1, 0.15) is 5.60 Å². The van der Waals surface area contributed by atoms with E-state index >= 15 is 0 Å². The standard InChI is InChI=1S/C13H17N5O/c1-5-18-6-2-10(1)13(9-18)8-16-12(19-13)17-11-7-14-3-4-15-11/h3-4,7,10H,1-2,5-6,8-9H2,(H,15,16,17)/t13-/m0/s1. The van der Waals surface area contributed by atoms with Crippen molar-refractivity contribution in [3.63, 3.8) is 0 Å². The molecule has 0 aliphatic carbocycles. The van der Waals surface area contributed by atoms with Gasteiger partial charge in [0.25, 0.3) is 6.02 Å². The summed E-state index contributed by atoms with van der Waals surface area (Å²) in [5, 5.41) is 3.11. The van der Waals surface area contributed by atoms with E-state index in [1.807, 2.05) is 0 Å². The highest BCUT2D eigenvalue weighted by atomic mass is 16.5. The summed E-state index contributed by atoms with van der Waals surface area (Å²) in [6, 6.07) is 0.592. The van der Waals surface area contributed by atoms with E-state index in [-0.39, 0.29) is 5.60 Å². The van der Waals surface area contributed by atoms with Gasteiger partial charge in [-0.3, -0.25) is 15.2 Å². The Balaban J connectivity index is 1.48. The molecule has 1 spiro atoms. The number of rotatable bonds is 1. The van der Waals surface area contributed by atoms with E-state index < -0.39 is 0 Å². The molecule has 3 saturated heterocycles. The third-order valence-electron chi connectivity index (χ3n) is 4.41. The van der Waals surface area contributed by atoms with E-state index in [0.29, 0.717) is 17.8 Å². The molecule has 1 aromatic rings. The van der Waals surface area contributed by atoms with Crippen molar-refractivity contribution in [2.24, 2.45) is 10.9 Å². The molecule has 1 aromatic heterocycles. The number of piperidine rings is 3. The molecule has 0 unspecified atom stereocenters. The van der Waals surface area contributed by atoms with E-state index in [4.69, 9.17) is 4.74 Å². The fraction of sp³-hybridized carbons (Fsp3) is 0.615. The van der Waals surface area contributed by atoms with Crippen molar-refractivity contribution in [3.8, 4) is 0 Å². The first-order valence-electron chi connectivity index (χ1n) is 6.83. The lowest BCUT2D eigenvalue weighted by Gasteiger charge is -2.50. The number of ether oxygens (including phenoxy) is 1. The summed E-state index contributed by atoms with van der Waals surface area (Å²) in [6.45, 7) is 4.19. The van der Waals surface area contributed by atoms with Crippen molar-refractivity contribution in [1.82, 2.24) is 14.9 Å². The maximum Gasteiger partial charge on any atom is 0.291 e. The number of nitrogens with zero attached hydrogens (tertiary/aromatic N) is 4. The second kappa shape index (κ2) is 4.16. The van der Waals surface area contributed by atoms with Gasteiger partial charge < -0.3 is 4.74 Å². The zero-order valence-corrected chi connectivity index (χ0v) is 10.7. The number of amidine groups is 1. The Hall–Kier alpha value is -1.69. The van der Waals surface area contributed by atoms with Crippen LogP contribution in [-0.2, 0) is 4.74 Å². The topological polar surface area (TPSA) is 62.6 Å². The van der Waals surface area contributed by atoms with Crippen molar-refractivity contribution in [3.05, 3.63) is 18.6 Å². The van der Waals surface area contributed by atoms with E-state index in [0.717, 1.165) is 13.1 Å². The van der Waals surface area contributed by atoms with Crippen molar-refractivity contribution < 1.29 is 4.74 Å². The van der Waals surface area contributed by atoms with E-state index in [1.54, 1.807) is 18.6 Å². The number of hydrogen-bond donors (Lipinski definition) is 1. The average Bonchev–Trinajstić information content (AvgIpc) is 2.84. The summed E-state index contributed by atoms with van der Waals surface area (Å²) in [6.07, 6.45) is 7.44. The van der Waals surface area contributed by atoms with Gasteiger partial charge in [0.15, 0.2) is 5.82 Å². The van der Waals surface area contributed by atoms with Gasteiger partial charge in [0.2, 0.25) is 0 Å². The molecule has 6 heteroatoms. The van der Waals surface area contributed by atoms with Crippen LogP contribution in [0.2, 0.25) is 0 Å². The molecule has 2 bridgehead atoms. The van der Waals surface area contributed by atoms with Crippen LogP contribution >= 0.6 is 0 Å². The van der Waals surface area contributed by atoms with Gasteiger partial charge in [-0.2, -0.15) is 0 Å². The van der Waals surface area contributed by atoms with Gasteiger partial charge in [0, 0.05) is 24.9 Å². The normalized spacial score (nSPS) is 36.1. The SMILES string of the molecule is c1cnc(NC2=NC[C@@]3(CN4CCC3CC4)O2)cn1. The minimum atomic E-state index is -0.0962. The second-order valence-corrected chi connectivity index (χ2v) is 5.55. The third kappa shape index (κ3) is 1.87. The molecule has 0 saturated carbocycles. The second-order valence-electron chi connectivity index (χ2n) is 5.55. The molecule has 1 atom stereocenters. The minimum Gasteiger partial charge on any atom is -0.455 e. The lowest BCUT2D eigenvalue weighted by molar-refractivity contribution is -0.0829. The molecule has 19 heavy (non-hydrogen) atoms. The predicted molar refractivity (Wildman–Crippen MR) is 70.9 cm³/mol. The van der Waals surface area contributed by atoms with Crippen LogP contribution in [0.15, 0.2) is 23.6 Å². The zero-order chi connectivity index (χ0) is 12.7. The molecule has 0 radical (unpaired) electrons. The summed E-state index contributed by atoms with van der Waals surface area (Å²) >= 11 is 0. The van der Waals surface area contributed by atoms with E-state index in [2.05, 4.69) is 25.2 Å². The maximum atomic E-state index is 6.16. The summed E-state index contributed by atoms with van der Waals surface area (Å²) in [5.41, 5.74) is -0.0962. The highest BCUT2D eigenvalue weighted by Crippen LogP contribution is 2.40. The smallest absolute Gasteiger partial charge is 0.291 e. The fourth-order valence-corrected chi connectivity index (χ4v) is 3.42. The lowest BCUT2D eigenvalue weighted by atomic mass is 9.75. The molecule has 4 aliphatic heterocycles. The van der Waals surface area contributed by atoms with Crippen LogP contribution in [0.5, 0.6) is 0 Å². The number of fused-ring (bicyclic) bond motifs is 2. The van der Waals surface area contributed by atoms with Gasteiger partial charge in [-0.05, 0) is 25.9 Å². The maximum absolute atomic E-state index is 6.16. The number of nitrogens with one attached hydrogen (secondary N) is 1. The van der Waals surface area contributed by atoms with Gasteiger partial charge >= 0.3 is 0 Å². The van der Waals surface area contributed by atoms with Crippen LogP contribution in [-0.4, -0.2) is 52.7 Å². The fourth-order valence-electron chi connectivity index (χ4n) is 3.42. The molecular formula is C13H17N5O. The molecule has 4 aliphatic rings. The molecule has 0 amide bonds. The Labute approximate surface area is 111 Å². The minimum absolute atomic E-state index is 0.0962. The van der Waals surface area contributed by atoms with E-state index in [9.17, 15) is 0 Å². The van der Waals surface area contributed by atoms with E-state index in [1.165, 1.54) is 25.9 Å². The molecular weight excluding hydrogens is 242 g/mol. The van der Waals surface area contributed by atoms with Crippen LogP contribution in [0, 0.1) is 5.92 Å². The predicted octanol–water partition coefficient (Wildman–Crippen LogP) is 0.739. The Morgan fingerprint density at radius 1 is 1.32 bits per heavy atom. The van der Waals surface area contributed by atoms with Crippen LogP contribution in [0.4, 0.5) is 5.82 Å². The summed E-state index contributed by atoms with van der Waals surface area (Å²) < 4.78 is 6.16. The number of aliphatic imine (C=N–C) groups is 1. The number of hydrogen-bond acceptors (Lipinski definition) is 6. The quantitative estimate of drug-likeness (QED) is 0.806. The molecule has 100 valence electrons. The highest BCUT2D eigenvalue weighted by Gasteiger charge is 2.51. The molecule has 3 fully saturated rings. The first kappa shape index (κ1) is 11.2. The molecule has 0 aromatic carbocycles. The van der Waals surface area contributed by atoms with Crippen molar-refractivity contribution in [2.45, 2.75) is 18.4 Å². The van der Waals surface area contributed by atoms with Crippen molar-refractivity contribution in [2.75, 3.05) is 31.5 Å². The van der Waals surface area contributed by atoms with Gasteiger partial charge in [-0.15, -0.1) is 0 Å². The van der Waals surface area contributed by atoms with Crippen LogP contribution in [0.3, 0.4) is 0 Å². The Morgan fingerprint density at radius 3 is 2.89 bits per heavy atom. The summed E-state index contributed by atoms with van der Waals surface area (Å²) in [5.74, 6) is 1.32. The van der Waals surface area contributed by atoms with Crippen molar-refractivity contribution >= 4 is 11.8 Å². The first-order chi connectivity index (χ1) is 9.34. The largest absolute Gasteiger partial charge is 0.455 e. The highest BCUT2D eigenvalue weighted by molar-refractivity contribution is 5.89. The average molecular weight is 259 g/mol. The Bertz CT molecular complexity index is 497. The van der Waals surface area contributed by atoms with Gasteiger partial charge in [-0.25, -0.2) is 9.98 Å². The Kier molecular flexibility index (Phi) is 2.44. The van der Waals surface area contributed by atoms with Gasteiger partial charge in [-0.1, -0.05) is 0 Å². The lowest BCUT2D eigenvalue weighted by Crippen LogP contribution is -2.61. The number of aromatic nitrogens is 2. The van der Waals surface area contributed by atoms with Crippen molar-refractivity contribution in [1.29, 1.82) is 0 Å². The zero-order valence-electron chi connectivity index (χ0n) is 10.7. The third-order valence-corrected chi connectivity index (χ3v) is 4.41. The number of anilines is 1. The summed E-state index contributed by atoms with van der Waals surface area (Å²) in [7, 11) is 0. The summed E-state index contributed by atoms with van der Waals surface area (Å²) in [4.78, 5) is 15.2. The van der Waals surface area contributed by atoms with Crippen LogP contribution in [0.1, 0.15) is 12.8 Å². The Morgan fingerprint density at radius 2 is 2.21 bits per heavy atom.